The van der Waals surface area contributed by atoms with Gasteiger partial charge in [-0.2, -0.15) is 9.89 Å². The molecule has 2 aromatic rings. The smallest absolute Gasteiger partial charge is 0.127 e. The van der Waals surface area contributed by atoms with Crippen LogP contribution in [0.25, 0.3) is 0 Å². The van der Waals surface area contributed by atoms with Gasteiger partial charge in [-0.05, 0) is 31.0 Å². The van der Waals surface area contributed by atoms with Gasteiger partial charge >= 0.3 is 0 Å². The Hall–Kier alpha value is -2.17. The van der Waals surface area contributed by atoms with Crippen molar-refractivity contribution in [2.24, 2.45) is 0 Å². The zero-order valence-electron chi connectivity index (χ0n) is 11.8. The predicted molar refractivity (Wildman–Crippen MR) is 76.8 cm³/mol. The maximum Gasteiger partial charge on any atom is 0.127 e. The lowest BCUT2D eigenvalue weighted by atomic mass is 10.2. The molecule has 1 aromatic heterocycles. The van der Waals surface area contributed by atoms with Crippen molar-refractivity contribution in [2.75, 3.05) is 19.6 Å². The molecule has 1 saturated carbocycles. The third-order valence-electron chi connectivity index (χ3n) is 3.58. The van der Waals surface area contributed by atoms with E-state index in [0.717, 1.165) is 17.1 Å². The Balaban J connectivity index is 1.72. The van der Waals surface area contributed by atoms with Crippen molar-refractivity contribution < 1.29 is 9.47 Å². The van der Waals surface area contributed by atoms with Crippen molar-refractivity contribution in [3.05, 3.63) is 41.7 Å². The number of nitrogens with zero attached hydrogens (tertiary/aromatic N) is 2. The number of ether oxygens (including phenoxy) is 2. The fourth-order valence-corrected chi connectivity index (χ4v) is 2.29. The third-order valence-corrected chi connectivity index (χ3v) is 3.58. The SMILES string of the molecule is COc1ccc(CNn2nccc2C2CC2)c(OC)c1. The number of rotatable bonds is 6. The first kappa shape index (κ1) is 12.8. The summed E-state index contributed by atoms with van der Waals surface area (Å²) < 4.78 is 10.6. The van der Waals surface area contributed by atoms with Gasteiger partial charge in [-0.25, -0.2) is 0 Å². The molecule has 0 atom stereocenters. The van der Waals surface area contributed by atoms with Crippen LogP contribution in [-0.4, -0.2) is 24.1 Å². The standard InChI is InChI=1S/C15H19N3O2/c1-19-13-6-5-12(15(9-13)20-2)10-17-18-14(7-8-16-18)11-3-4-11/h5-9,11,17H,3-4,10H2,1-2H3. The lowest BCUT2D eigenvalue weighted by Gasteiger charge is -2.13. The molecule has 0 aliphatic heterocycles. The van der Waals surface area contributed by atoms with E-state index in [0.29, 0.717) is 12.5 Å². The lowest BCUT2D eigenvalue weighted by molar-refractivity contribution is 0.391. The molecule has 0 amide bonds. The fraction of sp³-hybridized carbons (Fsp3) is 0.400. The molecule has 0 unspecified atom stereocenters. The van der Waals surface area contributed by atoms with E-state index in [1.54, 1.807) is 14.2 Å². The normalized spacial score (nSPS) is 14.1. The van der Waals surface area contributed by atoms with E-state index in [2.05, 4.69) is 16.6 Å². The summed E-state index contributed by atoms with van der Waals surface area (Å²) in [5, 5.41) is 4.32. The number of nitrogens with one attached hydrogen (secondary N) is 1. The van der Waals surface area contributed by atoms with Crippen molar-refractivity contribution in [1.29, 1.82) is 0 Å². The van der Waals surface area contributed by atoms with Gasteiger partial charge in [-0.3, -0.25) is 0 Å². The number of aromatic nitrogens is 2. The Bertz CT molecular complexity index is 591. The largest absolute Gasteiger partial charge is 0.497 e. The molecule has 1 fully saturated rings. The molecule has 1 aliphatic carbocycles. The molecule has 1 N–H and O–H groups in total. The van der Waals surface area contributed by atoms with E-state index >= 15 is 0 Å². The minimum atomic E-state index is 0.661. The van der Waals surface area contributed by atoms with Gasteiger partial charge in [-0.15, -0.1) is 0 Å². The second-order valence-electron chi connectivity index (χ2n) is 4.95. The van der Waals surface area contributed by atoms with E-state index in [9.17, 15) is 0 Å². The molecule has 0 saturated heterocycles. The first-order valence-electron chi connectivity index (χ1n) is 6.80. The highest BCUT2D eigenvalue weighted by atomic mass is 16.5. The molecule has 20 heavy (non-hydrogen) atoms. The number of hydrogen-bond donors (Lipinski definition) is 1. The van der Waals surface area contributed by atoms with Crippen LogP contribution in [0.15, 0.2) is 30.5 Å². The van der Waals surface area contributed by atoms with E-state index in [1.807, 2.05) is 29.2 Å². The van der Waals surface area contributed by atoms with Gasteiger partial charge in [0.15, 0.2) is 0 Å². The van der Waals surface area contributed by atoms with Gasteiger partial charge in [0, 0.05) is 17.5 Å². The second kappa shape index (κ2) is 5.45. The highest BCUT2D eigenvalue weighted by Gasteiger charge is 2.27. The number of benzene rings is 1. The van der Waals surface area contributed by atoms with E-state index in [-0.39, 0.29) is 0 Å². The summed E-state index contributed by atoms with van der Waals surface area (Å²) in [5.41, 5.74) is 5.66. The van der Waals surface area contributed by atoms with Crippen LogP contribution < -0.4 is 14.9 Å². The van der Waals surface area contributed by atoms with Crippen molar-refractivity contribution in [3.63, 3.8) is 0 Å². The van der Waals surface area contributed by atoms with Crippen LogP contribution in [0, 0.1) is 0 Å². The third kappa shape index (κ3) is 2.57. The molecule has 0 spiro atoms. The Kier molecular flexibility index (Phi) is 3.50. The van der Waals surface area contributed by atoms with E-state index in [4.69, 9.17) is 9.47 Å². The molecule has 5 nitrogen and oxygen atoms in total. The Morgan fingerprint density at radius 1 is 1.25 bits per heavy atom. The first-order chi connectivity index (χ1) is 9.81. The van der Waals surface area contributed by atoms with Crippen molar-refractivity contribution in [3.8, 4) is 11.5 Å². The summed E-state index contributed by atoms with van der Waals surface area (Å²) in [6.45, 7) is 0.661. The van der Waals surface area contributed by atoms with Crippen LogP contribution in [0.3, 0.4) is 0 Å². The average molecular weight is 273 g/mol. The molecule has 0 radical (unpaired) electrons. The maximum absolute atomic E-state index is 5.40. The predicted octanol–water partition coefficient (Wildman–Crippen LogP) is 2.52. The van der Waals surface area contributed by atoms with Gasteiger partial charge in [0.1, 0.15) is 11.5 Å². The van der Waals surface area contributed by atoms with E-state index in [1.165, 1.54) is 18.5 Å². The summed E-state index contributed by atoms with van der Waals surface area (Å²) >= 11 is 0. The fourth-order valence-electron chi connectivity index (χ4n) is 2.29. The topological polar surface area (TPSA) is 48.3 Å². The number of methoxy groups -OCH3 is 2. The average Bonchev–Trinajstić information content (AvgIpc) is 3.23. The van der Waals surface area contributed by atoms with Crippen LogP contribution in [0.2, 0.25) is 0 Å². The Morgan fingerprint density at radius 3 is 2.80 bits per heavy atom. The van der Waals surface area contributed by atoms with Gasteiger partial charge in [0.05, 0.1) is 32.7 Å². The molecule has 106 valence electrons. The molecule has 0 bridgehead atoms. The Labute approximate surface area is 118 Å². The lowest BCUT2D eigenvalue weighted by Crippen LogP contribution is -2.18. The van der Waals surface area contributed by atoms with Gasteiger partial charge in [-0.1, -0.05) is 0 Å². The molecule has 1 aliphatic rings. The van der Waals surface area contributed by atoms with Gasteiger partial charge in [0.2, 0.25) is 0 Å². The summed E-state index contributed by atoms with van der Waals surface area (Å²) in [6, 6.07) is 7.91. The highest BCUT2D eigenvalue weighted by Crippen LogP contribution is 2.39. The first-order valence-corrected chi connectivity index (χ1v) is 6.80. The zero-order chi connectivity index (χ0) is 13.9. The highest BCUT2D eigenvalue weighted by molar-refractivity contribution is 5.41. The van der Waals surface area contributed by atoms with Crippen LogP contribution in [0.4, 0.5) is 0 Å². The minimum absolute atomic E-state index is 0.661. The summed E-state index contributed by atoms with van der Waals surface area (Å²) in [4.78, 5) is 1.88. The molecule has 5 heteroatoms. The molecular weight excluding hydrogens is 254 g/mol. The zero-order valence-corrected chi connectivity index (χ0v) is 11.8. The number of hydrogen-bond acceptors (Lipinski definition) is 4. The van der Waals surface area contributed by atoms with Crippen LogP contribution in [0.5, 0.6) is 11.5 Å². The molecular formula is C15H19N3O2. The minimum Gasteiger partial charge on any atom is -0.497 e. The summed E-state index contributed by atoms with van der Waals surface area (Å²) in [5.74, 6) is 2.28. The molecule has 3 rings (SSSR count). The van der Waals surface area contributed by atoms with Crippen LogP contribution in [-0.2, 0) is 6.54 Å². The molecule has 1 heterocycles. The monoisotopic (exact) mass is 273 g/mol. The maximum atomic E-state index is 5.40. The summed E-state index contributed by atoms with van der Waals surface area (Å²) in [7, 11) is 3.32. The Morgan fingerprint density at radius 2 is 2.10 bits per heavy atom. The van der Waals surface area contributed by atoms with Crippen molar-refractivity contribution in [2.45, 2.75) is 25.3 Å². The molecule has 1 aromatic carbocycles. The van der Waals surface area contributed by atoms with Crippen LogP contribution in [0.1, 0.15) is 30.0 Å². The van der Waals surface area contributed by atoms with Gasteiger partial charge < -0.3 is 14.9 Å². The van der Waals surface area contributed by atoms with Crippen molar-refractivity contribution in [1.82, 2.24) is 9.89 Å². The second-order valence-corrected chi connectivity index (χ2v) is 4.95. The quantitative estimate of drug-likeness (QED) is 0.878. The van der Waals surface area contributed by atoms with Crippen LogP contribution >= 0.6 is 0 Å². The van der Waals surface area contributed by atoms with Gasteiger partial charge in [0.25, 0.3) is 0 Å². The van der Waals surface area contributed by atoms with Crippen molar-refractivity contribution >= 4 is 0 Å². The summed E-state index contributed by atoms with van der Waals surface area (Å²) in [6.07, 6.45) is 4.37. The van der Waals surface area contributed by atoms with E-state index < -0.39 is 0 Å².